The van der Waals surface area contributed by atoms with Crippen LogP contribution < -0.4 is 0 Å². The van der Waals surface area contributed by atoms with Crippen molar-refractivity contribution in [2.24, 2.45) is 0 Å². The molecule has 0 radical (unpaired) electrons. The van der Waals surface area contributed by atoms with Crippen molar-refractivity contribution >= 4 is 5.57 Å². The summed E-state index contributed by atoms with van der Waals surface area (Å²) in [5.41, 5.74) is 5.40. The van der Waals surface area contributed by atoms with Crippen LogP contribution in [0.5, 0.6) is 0 Å². The van der Waals surface area contributed by atoms with E-state index in [9.17, 15) is 5.11 Å². The minimum atomic E-state index is 0.344. The van der Waals surface area contributed by atoms with Crippen molar-refractivity contribution in [3.63, 3.8) is 0 Å². The van der Waals surface area contributed by atoms with E-state index < -0.39 is 0 Å². The fourth-order valence-corrected chi connectivity index (χ4v) is 2.62. The van der Waals surface area contributed by atoms with E-state index in [0.717, 1.165) is 42.2 Å². The Kier molecular flexibility index (Phi) is 11.9. The molecule has 2 heteroatoms. The third-order valence-corrected chi connectivity index (χ3v) is 3.78. The van der Waals surface area contributed by atoms with E-state index in [1.807, 2.05) is 13.0 Å². The van der Waals surface area contributed by atoms with Gasteiger partial charge in [0.2, 0.25) is 0 Å². The average molecular weight is 341 g/mol. The topological polar surface area (TPSA) is 40.5 Å². The highest BCUT2D eigenvalue weighted by atomic mass is 16.3. The maximum Gasteiger partial charge on any atom is 0.0969 e. The van der Waals surface area contributed by atoms with Crippen LogP contribution in [0.15, 0.2) is 48.3 Å². The summed E-state index contributed by atoms with van der Waals surface area (Å²) >= 11 is 0. The number of aliphatic hydroxyl groups excluding tert-OH is 2. The molecule has 0 atom stereocenters. The average Bonchev–Trinajstić information content (AvgIpc) is 2.56. The van der Waals surface area contributed by atoms with Gasteiger partial charge < -0.3 is 10.2 Å². The number of benzene rings is 1. The molecule has 136 valence electrons. The number of allylic oxidation sites excluding steroid dienone is 5. The van der Waals surface area contributed by atoms with Gasteiger partial charge in [-0.25, -0.2) is 0 Å². The van der Waals surface area contributed by atoms with Crippen LogP contribution in [0.3, 0.4) is 0 Å². The lowest BCUT2D eigenvalue weighted by Crippen LogP contribution is -1.97. The molecule has 0 fully saturated rings. The fraction of sp³-hybridized carbons (Fsp3) is 0.391. The molecule has 1 rings (SSSR count). The third kappa shape index (κ3) is 8.98. The van der Waals surface area contributed by atoms with Crippen molar-refractivity contribution < 1.29 is 10.2 Å². The van der Waals surface area contributed by atoms with Crippen LogP contribution >= 0.6 is 0 Å². The standard InChI is InChI=1S/C22H28O.CH4O/c1-6-8-9-11-19(10-7-2)15-21(23)16-20-14-18(5)12-13-22(20)17(3)4;1-2/h2,10,12-15,23H,3,6,8-9,11,16H2,1,4-5H3;2H,1H3/b19-10-,21-15+;. The third-order valence-electron chi connectivity index (χ3n) is 3.78. The summed E-state index contributed by atoms with van der Waals surface area (Å²) in [6.45, 7) is 10.2. The Hall–Kier alpha value is -2.24. The van der Waals surface area contributed by atoms with E-state index in [0.29, 0.717) is 12.2 Å². The Morgan fingerprint density at radius 2 is 1.96 bits per heavy atom. The zero-order chi connectivity index (χ0) is 19.2. The number of aliphatic hydroxyl groups is 2. The highest BCUT2D eigenvalue weighted by molar-refractivity contribution is 5.65. The highest BCUT2D eigenvalue weighted by Gasteiger charge is 2.07. The first-order valence-electron chi connectivity index (χ1n) is 8.72. The van der Waals surface area contributed by atoms with E-state index >= 15 is 0 Å². The summed E-state index contributed by atoms with van der Waals surface area (Å²) in [5.74, 6) is 2.91. The van der Waals surface area contributed by atoms with Crippen molar-refractivity contribution in [2.45, 2.75) is 52.9 Å². The summed E-state index contributed by atoms with van der Waals surface area (Å²) in [4.78, 5) is 0. The lowest BCUT2D eigenvalue weighted by molar-refractivity contribution is 0.397. The number of hydrogen-bond donors (Lipinski definition) is 2. The van der Waals surface area contributed by atoms with E-state index in [1.54, 1.807) is 6.08 Å². The molecular formula is C23H32O2. The van der Waals surface area contributed by atoms with Crippen molar-refractivity contribution in [3.05, 3.63) is 65.0 Å². The van der Waals surface area contributed by atoms with Crippen LogP contribution in [0.2, 0.25) is 0 Å². The van der Waals surface area contributed by atoms with Gasteiger partial charge in [-0.1, -0.05) is 61.6 Å². The quantitative estimate of drug-likeness (QED) is 0.273. The summed E-state index contributed by atoms with van der Waals surface area (Å²) in [7, 11) is 1.00. The summed E-state index contributed by atoms with van der Waals surface area (Å²) < 4.78 is 0. The molecule has 25 heavy (non-hydrogen) atoms. The van der Waals surface area contributed by atoms with Gasteiger partial charge in [0.1, 0.15) is 0 Å². The normalized spacial score (nSPS) is 11.4. The van der Waals surface area contributed by atoms with Crippen LogP contribution in [0.1, 0.15) is 56.2 Å². The number of unbranched alkanes of at least 4 members (excludes halogenated alkanes) is 2. The van der Waals surface area contributed by atoms with Gasteiger partial charge in [-0.3, -0.25) is 0 Å². The van der Waals surface area contributed by atoms with Crippen molar-refractivity contribution in [1.82, 2.24) is 0 Å². The lowest BCUT2D eigenvalue weighted by Gasteiger charge is -2.11. The minimum absolute atomic E-state index is 0.344. The molecule has 2 nitrogen and oxygen atoms in total. The Labute approximate surface area is 153 Å². The van der Waals surface area contributed by atoms with Gasteiger partial charge in [0, 0.05) is 13.5 Å². The van der Waals surface area contributed by atoms with Crippen LogP contribution in [0.4, 0.5) is 0 Å². The Bertz CT molecular complexity index is 643. The van der Waals surface area contributed by atoms with E-state index in [1.165, 1.54) is 18.4 Å². The van der Waals surface area contributed by atoms with E-state index in [4.69, 9.17) is 11.5 Å². The van der Waals surface area contributed by atoms with Crippen molar-refractivity contribution in [1.29, 1.82) is 0 Å². The van der Waals surface area contributed by atoms with Crippen molar-refractivity contribution in [2.75, 3.05) is 7.11 Å². The molecule has 0 aliphatic heterocycles. The molecule has 0 spiro atoms. The molecule has 1 aromatic rings. The number of hydrogen-bond acceptors (Lipinski definition) is 2. The largest absolute Gasteiger partial charge is 0.512 e. The molecule has 0 saturated heterocycles. The van der Waals surface area contributed by atoms with E-state index in [2.05, 4.69) is 44.5 Å². The minimum Gasteiger partial charge on any atom is -0.512 e. The van der Waals surface area contributed by atoms with Gasteiger partial charge in [-0.05, 0) is 55.5 Å². The molecule has 2 N–H and O–H groups in total. The summed E-state index contributed by atoms with van der Waals surface area (Å²) in [6, 6.07) is 6.25. The Morgan fingerprint density at radius 3 is 2.52 bits per heavy atom. The molecular weight excluding hydrogens is 308 g/mol. The van der Waals surface area contributed by atoms with Gasteiger partial charge in [0.05, 0.1) is 5.76 Å². The SMILES string of the molecule is C#C/C=C(\C=C(\O)Cc1cc(C)ccc1C(=C)C)CCCCC.CO. The van der Waals surface area contributed by atoms with Gasteiger partial charge >= 0.3 is 0 Å². The molecule has 0 aliphatic carbocycles. The van der Waals surface area contributed by atoms with Crippen LogP contribution in [-0.4, -0.2) is 17.3 Å². The predicted octanol–water partition coefficient (Wildman–Crippen LogP) is 5.76. The molecule has 0 saturated carbocycles. The molecule has 0 bridgehead atoms. The van der Waals surface area contributed by atoms with Crippen molar-refractivity contribution in [3.8, 4) is 12.3 Å². The monoisotopic (exact) mass is 340 g/mol. The first-order valence-corrected chi connectivity index (χ1v) is 8.72. The number of terminal acetylenes is 1. The molecule has 0 aliphatic rings. The van der Waals surface area contributed by atoms with E-state index in [-0.39, 0.29) is 0 Å². The maximum absolute atomic E-state index is 10.4. The number of aryl methyl sites for hydroxylation is 1. The molecule has 0 unspecified atom stereocenters. The number of rotatable bonds is 8. The lowest BCUT2D eigenvalue weighted by atomic mass is 9.96. The van der Waals surface area contributed by atoms with Gasteiger partial charge in [-0.15, -0.1) is 6.42 Å². The second-order valence-electron chi connectivity index (χ2n) is 6.10. The smallest absolute Gasteiger partial charge is 0.0969 e. The zero-order valence-corrected chi connectivity index (χ0v) is 16.1. The Morgan fingerprint density at radius 1 is 1.28 bits per heavy atom. The van der Waals surface area contributed by atoms with Crippen LogP contribution in [0, 0.1) is 19.3 Å². The fourth-order valence-electron chi connectivity index (χ4n) is 2.62. The predicted molar refractivity (Wildman–Crippen MR) is 110 cm³/mol. The van der Waals surface area contributed by atoms with Gasteiger partial charge in [0.15, 0.2) is 0 Å². The second kappa shape index (κ2) is 13.1. The Balaban J connectivity index is 0.00000277. The molecule has 0 aromatic heterocycles. The van der Waals surface area contributed by atoms with Crippen LogP contribution in [0.25, 0.3) is 5.57 Å². The maximum atomic E-state index is 10.4. The highest BCUT2D eigenvalue weighted by Crippen LogP contribution is 2.22. The first kappa shape index (κ1) is 22.8. The molecule has 0 amide bonds. The zero-order valence-electron chi connectivity index (χ0n) is 16.1. The molecule has 1 aromatic carbocycles. The molecule has 0 heterocycles. The van der Waals surface area contributed by atoms with Gasteiger partial charge in [-0.2, -0.15) is 0 Å². The van der Waals surface area contributed by atoms with Crippen LogP contribution in [-0.2, 0) is 6.42 Å². The summed E-state index contributed by atoms with van der Waals surface area (Å²) in [6.07, 6.45) is 13.8. The van der Waals surface area contributed by atoms with Gasteiger partial charge in [0.25, 0.3) is 0 Å². The first-order chi connectivity index (χ1) is 12.0. The summed E-state index contributed by atoms with van der Waals surface area (Å²) in [5, 5.41) is 17.4. The second-order valence-corrected chi connectivity index (χ2v) is 6.10.